The molecule has 6 heteroatoms. The second-order valence-electron chi connectivity index (χ2n) is 5.35. The minimum atomic E-state index is -0.544. The van der Waals surface area contributed by atoms with Crippen molar-refractivity contribution in [1.82, 2.24) is 10.2 Å². The van der Waals surface area contributed by atoms with Crippen LogP contribution < -0.4 is 16.4 Å². The monoisotopic (exact) mass is 290 g/mol. The molecule has 1 aromatic rings. The number of benzene rings is 1. The Morgan fingerprint density at radius 1 is 1.33 bits per heavy atom. The number of nitrogens with one attached hydrogen (secondary N) is 2. The maximum absolute atomic E-state index is 12.1. The van der Waals surface area contributed by atoms with Crippen LogP contribution in [0.15, 0.2) is 24.3 Å². The van der Waals surface area contributed by atoms with Crippen LogP contribution in [0.25, 0.3) is 0 Å². The highest BCUT2D eigenvalue weighted by molar-refractivity contribution is 6.03. The molecule has 1 aliphatic rings. The molecule has 0 saturated carbocycles. The smallest absolute Gasteiger partial charge is 0.250 e. The Bertz CT molecular complexity index is 512. The fourth-order valence-corrected chi connectivity index (χ4v) is 2.60. The molecule has 0 atom stereocenters. The summed E-state index contributed by atoms with van der Waals surface area (Å²) in [4.78, 5) is 25.5. The lowest BCUT2D eigenvalue weighted by atomic mass is 10.1. The third kappa shape index (κ3) is 4.27. The zero-order chi connectivity index (χ0) is 15.2. The summed E-state index contributed by atoms with van der Waals surface area (Å²) in [6.07, 6.45) is 2.09. The summed E-state index contributed by atoms with van der Waals surface area (Å²) in [5.41, 5.74) is 6.10. The Hall–Kier alpha value is -1.92. The standard InChI is InChI=1S/C15H22N4O2/c1-19(11-6-8-17-9-7-11)10-14(20)18-13-5-3-2-4-12(13)15(16)21/h2-5,11,17H,6-10H2,1H3,(H2,16,21)(H,18,20). The quantitative estimate of drug-likeness (QED) is 0.733. The number of amides is 2. The summed E-state index contributed by atoms with van der Waals surface area (Å²) in [6.45, 7) is 2.28. The zero-order valence-corrected chi connectivity index (χ0v) is 12.3. The summed E-state index contributed by atoms with van der Waals surface area (Å²) < 4.78 is 0. The molecule has 6 nitrogen and oxygen atoms in total. The number of primary amides is 1. The van der Waals surface area contributed by atoms with E-state index in [0.29, 0.717) is 23.8 Å². The van der Waals surface area contributed by atoms with E-state index in [1.807, 2.05) is 7.05 Å². The molecule has 2 amide bonds. The van der Waals surface area contributed by atoms with Gasteiger partial charge in [0.15, 0.2) is 0 Å². The minimum Gasteiger partial charge on any atom is -0.366 e. The SMILES string of the molecule is CN(CC(=O)Nc1ccccc1C(N)=O)C1CCNCC1. The molecule has 0 unspecified atom stereocenters. The van der Waals surface area contributed by atoms with Crippen molar-refractivity contribution >= 4 is 17.5 Å². The number of anilines is 1. The van der Waals surface area contributed by atoms with E-state index < -0.39 is 5.91 Å². The first-order chi connectivity index (χ1) is 10.1. The molecule has 1 saturated heterocycles. The summed E-state index contributed by atoms with van der Waals surface area (Å²) in [7, 11) is 1.95. The van der Waals surface area contributed by atoms with Crippen LogP contribution in [0.1, 0.15) is 23.2 Å². The molecule has 0 spiro atoms. The number of hydrogen-bond acceptors (Lipinski definition) is 4. The molecule has 2 rings (SSSR count). The van der Waals surface area contributed by atoms with Gasteiger partial charge in [0, 0.05) is 6.04 Å². The Balaban J connectivity index is 1.94. The highest BCUT2D eigenvalue weighted by Gasteiger charge is 2.20. The summed E-state index contributed by atoms with van der Waals surface area (Å²) in [5.74, 6) is -0.678. The Morgan fingerprint density at radius 2 is 2.00 bits per heavy atom. The third-order valence-electron chi connectivity index (χ3n) is 3.79. The van der Waals surface area contributed by atoms with E-state index in [-0.39, 0.29) is 5.91 Å². The third-order valence-corrected chi connectivity index (χ3v) is 3.79. The largest absolute Gasteiger partial charge is 0.366 e. The lowest BCUT2D eigenvalue weighted by Gasteiger charge is -2.31. The molecule has 21 heavy (non-hydrogen) atoms. The average Bonchev–Trinajstić information content (AvgIpc) is 2.48. The molecule has 1 aromatic carbocycles. The molecule has 1 fully saturated rings. The number of carbonyl (C=O) groups is 2. The Morgan fingerprint density at radius 3 is 2.67 bits per heavy atom. The zero-order valence-electron chi connectivity index (χ0n) is 12.3. The van der Waals surface area contributed by atoms with Crippen molar-refractivity contribution in [2.24, 2.45) is 5.73 Å². The van der Waals surface area contributed by atoms with Crippen molar-refractivity contribution in [1.29, 1.82) is 0 Å². The number of likely N-dealkylation sites (N-methyl/N-ethyl adjacent to an activating group) is 1. The fourth-order valence-electron chi connectivity index (χ4n) is 2.60. The molecular weight excluding hydrogens is 268 g/mol. The van der Waals surface area contributed by atoms with Gasteiger partial charge in [0.25, 0.3) is 5.91 Å². The number of nitrogens with two attached hydrogens (primary N) is 1. The molecule has 1 heterocycles. The molecule has 0 aliphatic carbocycles. The second-order valence-corrected chi connectivity index (χ2v) is 5.35. The van der Waals surface area contributed by atoms with Gasteiger partial charge in [0.05, 0.1) is 17.8 Å². The summed E-state index contributed by atoms with van der Waals surface area (Å²) in [5, 5.41) is 6.07. The number of piperidine rings is 1. The lowest BCUT2D eigenvalue weighted by molar-refractivity contribution is -0.117. The molecule has 0 bridgehead atoms. The first-order valence-corrected chi connectivity index (χ1v) is 7.17. The van der Waals surface area contributed by atoms with E-state index in [4.69, 9.17) is 5.73 Å². The number of hydrogen-bond donors (Lipinski definition) is 3. The maximum atomic E-state index is 12.1. The van der Waals surface area contributed by atoms with Crippen molar-refractivity contribution < 1.29 is 9.59 Å². The van der Waals surface area contributed by atoms with Gasteiger partial charge in [-0.3, -0.25) is 14.5 Å². The fraction of sp³-hybridized carbons (Fsp3) is 0.467. The van der Waals surface area contributed by atoms with Crippen LogP contribution in [0.5, 0.6) is 0 Å². The van der Waals surface area contributed by atoms with Crippen LogP contribution in [0.3, 0.4) is 0 Å². The van der Waals surface area contributed by atoms with Crippen LogP contribution in [-0.2, 0) is 4.79 Å². The van der Waals surface area contributed by atoms with Gasteiger partial charge in [-0.25, -0.2) is 0 Å². The van der Waals surface area contributed by atoms with E-state index in [9.17, 15) is 9.59 Å². The molecular formula is C15H22N4O2. The number of nitrogens with zero attached hydrogens (tertiary/aromatic N) is 1. The van der Waals surface area contributed by atoms with Crippen LogP contribution in [0, 0.1) is 0 Å². The van der Waals surface area contributed by atoms with Crippen LogP contribution in [-0.4, -0.2) is 49.4 Å². The van der Waals surface area contributed by atoms with E-state index in [2.05, 4.69) is 15.5 Å². The van der Waals surface area contributed by atoms with Gasteiger partial charge in [-0.05, 0) is 45.1 Å². The average molecular weight is 290 g/mol. The van der Waals surface area contributed by atoms with E-state index in [1.54, 1.807) is 24.3 Å². The van der Waals surface area contributed by atoms with Gasteiger partial charge >= 0.3 is 0 Å². The molecule has 4 N–H and O–H groups in total. The van der Waals surface area contributed by atoms with E-state index in [0.717, 1.165) is 25.9 Å². The van der Waals surface area contributed by atoms with Crippen molar-refractivity contribution in [3.05, 3.63) is 29.8 Å². The van der Waals surface area contributed by atoms with Crippen molar-refractivity contribution in [3.8, 4) is 0 Å². The van der Waals surface area contributed by atoms with Gasteiger partial charge in [-0.15, -0.1) is 0 Å². The lowest BCUT2D eigenvalue weighted by Crippen LogP contribution is -2.44. The Kier molecular flexibility index (Phi) is 5.30. The molecule has 1 aliphatic heterocycles. The number of rotatable bonds is 5. The highest BCUT2D eigenvalue weighted by atomic mass is 16.2. The molecule has 0 aromatic heterocycles. The summed E-state index contributed by atoms with van der Waals surface area (Å²) >= 11 is 0. The molecule has 0 radical (unpaired) electrons. The Labute approximate surface area is 124 Å². The van der Waals surface area contributed by atoms with Gasteiger partial charge in [0.1, 0.15) is 0 Å². The predicted octanol–water partition coefficient (Wildman–Crippen LogP) is 0.408. The predicted molar refractivity (Wildman–Crippen MR) is 82.1 cm³/mol. The minimum absolute atomic E-state index is 0.135. The molecule has 114 valence electrons. The van der Waals surface area contributed by atoms with E-state index in [1.165, 1.54) is 0 Å². The topological polar surface area (TPSA) is 87.5 Å². The van der Waals surface area contributed by atoms with Crippen LogP contribution >= 0.6 is 0 Å². The van der Waals surface area contributed by atoms with Crippen LogP contribution in [0.4, 0.5) is 5.69 Å². The van der Waals surface area contributed by atoms with E-state index >= 15 is 0 Å². The summed E-state index contributed by atoms with van der Waals surface area (Å²) in [6, 6.07) is 7.19. The van der Waals surface area contributed by atoms with Gasteiger partial charge in [-0.1, -0.05) is 12.1 Å². The number of para-hydroxylation sites is 1. The van der Waals surface area contributed by atoms with Gasteiger partial charge < -0.3 is 16.4 Å². The maximum Gasteiger partial charge on any atom is 0.250 e. The highest BCUT2D eigenvalue weighted by Crippen LogP contribution is 2.15. The van der Waals surface area contributed by atoms with Gasteiger partial charge in [-0.2, -0.15) is 0 Å². The van der Waals surface area contributed by atoms with Crippen molar-refractivity contribution in [2.75, 3.05) is 32.0 Å². The van der Waals surface area contributed by atoms with Gasteiger partial charge in [0.2, 0.25) is 5.91 Å². The van der Waals surface area contributed by atoms with Crippen molar-refractivity contribution in [3.63, 3.8) is 0 Å². The van der Waals surface area contributed by atoms with Crippen LogP contribution in [0.2, 0.25) is 0 Å². The first-order valence-electron chi connectivity index (χ1n) is 7.17. The normalized spacial score (nSPS) is 15.9. The van der Waals surface area contributed by atoms with Crippen molar-refractivity contribution in [2.45, 2.75) is 18.9 Å². The second kappa shape index (κ2) is 7.19. The first kappa shape index (κ1) is 15.5. The number of carbonyl (C=O) groups excluding carboxylic acids is 2.